The molecular formula is C32H26Cl2F4N6O5. The van der Waals surface area contributed by atoms with Gasteiger partial charge in [-0.1, -0.05) is 35.3 Å². The van der Waals surface area contributed by atoms with Crippen molar-refractivity contribution < 1.29 is 41.7 Å². The SMILES string of the molecule is CCOc1c(CC(N)=O)cc(C(O)(CNC(=O)c2cc(OC)c3nn(C(F)F)cc3c2)c2cc(F)nc(F)c2)nc1-c1cccc(Cl)c1Cl. The molecule has 3 heterocycles. The molecule has 0 spiro atoms. The van der Waals surface area contributed by atoms with Gasteiger partial charge in [0.15, 0.2) is 0 Å². The zero-order valence-corrected chi connectivity index (χ0v) is 27.1. The summed E-state index contributed by atoms with van der Waals surface area (Å²) >= 11 is 12.8. The van der Waals surface area contributed by atoms with Gasteiger partial charge in [-0.15, -0.1) is 0 Å². The third-order valence-corrected chi connectivity index (χ3v) is 8.17. The quantitative estimate of drug-likeness (QED) is 0.112. The topological polar surface area (TPSA) is 154 Å². The number of pyridine rings is 2. The maximum Gasteiger partial charge on any atom is 0.333 e. The van der Waals surface area contributed by atoms with Crippen molar-refractivity contribution in [1.82, 2.24) is 25.1 Å². The summed E-state index contributed by atoms with van der Waals surface area (Å²) < 4.78 is 67.2. The molecule has 49 heavy (non-hydrogen) atoms. The Labute approximate surface area is 285 Å². The highest BCUT2D eigenvalue weighted by molar-refractivity contribution is 6.43. The standard InChI is InChI=1S/C32H26Cl2F4N6O5/c1-3-49-29-15(10-25(39)45)9-22(41-28(29)19-5-4-6-20(33)26(19)34)32(47,18-11-23(35)42-24(36)12-18)14-40-30(46)16-7-17-13-44(31(37)38)43-27(17)21(8-16)48-2/h4-9,11-13,31,47H,3,10,14H2,1-2H3,(H2,39,45)(H,40,46). The Morgan fingerprint density at radius 1 is 1.10 bits per heavy atom. The molecule has 0 fully saturated rings. The van der Waals surface area contributed by atoms with Gasteiger partial charge >= 0.3 is 6.55 Å². The van der Waals surface area contributed by atoms with Gasteiger partial charge in [0.2, 0.25) is 17.8 Å². The van der Waals surface area contributed by atoms with Crippen LogP contribution in [0.5, 0.6) is 11.5 Å². The van der Waals surface area contributed by atoms with E-state index in [1.54, 1.807) is 19.1 Å². The fourth-order valence-corrected chi connectivity index (χ4v) is 5.54. The maximum absolute atomic E-state index is 14.5. The molecule has 1 unspecified atom stereocenters. The van der Waals surface area contributed by atoms with Crippen LogP contribution in [0.4, 0.5) is 17.6 Å². The third-order valence-electron chi connectivity index (χ3n) is 7.35. The Kier molecular flexibility index (Phi) is 10.3. The average Bonchev–Trinajstić information content (AvgIpc) is 3.49. The molecule has 0 bridgehead atoms. The van der Waals surface area contributed by atoms with E-state index < -0.39 is 54.4 Å². The fourth-order valence-electron chi connectivity index (χ4n) is 5.15. The first kappa shape index (κ1) is 35.3. The molecule has 0 saturated carbocycles. The Morgan fingerprint density at radius 2 is 1.82 bits per heavy atom. The van der Waals surface area contributed by atoms with Crippen LogP contribution in [0.3, 0.4) is 0 Å². The number of halogens is 6. The van der Waals surface area contributed by atoms with Crippen molar-refractivity contribution in [2.24, 2.45) is 5.73 Å². The van der Waals surface area contributed by atoms with Gasteiger partial charge in [0.05, 0.1) is 42.4 Å². The number of fused-ring (bicyclic) bond motifs is 1. The second-order valence-electron chi connectivity index (χ2n) is 10.6. The second-order valence-corrected chi connectivity index (χ2v) is 11.4. The molecule has 256 valence electrons. The Hall–Kier alpha value is -4.99. The van der Waals surface area contributed by atoms with Crippen molar-refractivity contribution in [1.29, 1.82) is 0 Å². The number of hydrogen-bond donors (Lipinski definition) is 3. The lowest BCUT2D eigenvalue weighted by Crippen LogP contribution is -2.42. The van der Waals surface area contributed by atoms with Gasteiger partial charge < -0.3 is 25.6 Å². The second kappa shape index (κ2) is 14.2. The van der Waals surface area contributed by atoms with Crippen molar-refractivity contribution in [2.45, 2.75) is 25.5 Å². The highest BCUT2D eigenvalue weighted by Gasteiger charge is 2.37. The summed E-state index contributed by atoms with van der Waals surface area (Å²) in [5, 5.41) is 18.9. The predicted octanol–water partition coefficient (Wildman–Crippen LogP) is 5.57. The fraction of sp³-hybridized carbons (Fsp3) is 0.219. The van der Waals surface area contributed by atoms with Crippen LogP contribution in [-0.2, 0) is 16.8 Å². The van der Waals surface area contributed by atoms with E-state index in [0.717, 1.165) is 18.3 Å². The van der Waals surface area contributed by atoms with Crippen molar-refractivity contribution in [2.75, 3.05) is 20.3 Å². The highest BCUT2D eigenvalue weighted by atomic mass is 35.5. The number of nitrogens with one attached hydrogen (secondary N) is 1. The molecule has 0 saturated heterocycles. The van der Waals surface area contributed by atoms with Crippen LogP contribution in [0.25, 0.3) is 22.2 Å². The first-order valence-corrected chi connectivity index (χ1v) is 15.1. The summed E-state index contributed by atoms with van der Waals surface area (Å²) in [5.41, 5.74) is 2.59. The summed E-state index contributed by atoms with van der Waals surface area (Å²) in [4.78, 5) is 33.4. The van der Waals surface area contributed by atoms with Gasteiger partial charge in [0, 0.05) is 33.8 Å². The van der Waals surface area contributed by atoms with Crippen molar-refractivity contribution in [3.63, 3.8) is 0 Å². The van der Waals surface area contributed by atoms with Crippen LogP contribution in [0, 0.1) is 11.9 Å². The molecule has 5 rings (SSSR count). The number of benzene rings is 2. The molecule has 5 aromatic rings. The number of nitrogens with two attached hydrogens (primary N) is 1. The molecule has 17 heteroatoms. The van der Waals surface area contributed by atoms with Crippen molar-refractivity contribution >= 4 is 45.9 Å². The third kappa shape index (κ3) is 7.23. The van der Waals surface area contributed by atoms with Gasteiger partial charge in [-0.2, -0.15) is 27.6 Å². The molecule has 1 atom stereocenters. The minimum atomic E-state index is -2.96. The van der Waals surface area contributed by atoms with E-state index in [0.29, 0.717) is 4.68 Å². The average molecular weight is 721 g/mol. The first-order valence-electron chi connectivity index (χ1n) is 14.3. The number of ether oxygens (including phenoxy) is 2. The van der Waals surface area contributed by atoms with Crippen LogP contribution in [0.1, 0.15) is 40.7 Å². The molecule has 11 nitrogen and oxygen atoms in total. The minimum Gasteiger partial charge on any atom is -0.494 e. The minimum absolute atomic E-state index is 0.00269. The lowest BCUT2D eigenvalue weighted by molar-refractivity contribution is -0.117. The molecule has 0 radical (unpaired) electrons. The van der Waals surface area contributed by atoms with Crippen LogP contribution < -0.4 is 20.5 Å². The molecule has 0 aliphatic carbocycles. The number of carbonyl (C=O) groups is 2. The van der Waals surface area contributed by atoms with Crippen LogP contribution in [0.15, 0.2) is 54.7 Å². The smallest absolute Gasteiger partial charge is 0.333 e. The molecular weight excluding hydrogens is 695 g/mol. The van der Waals surface area contributed by atoms with E-state index in [1.165, 1.54) is 31.4 Å². The lowest BCUT2D eigenvalue weighted by Gasteiger charge is -2.30. The zero-order valence-electron chi connectivity index (χ0n) is 25.6. The van der Waals surface area contributed by atoms with Gasteiger partial charge in [0.1, 0.15) is 28.3 Å². The number of methoxy groups -OCH3 is 1. The van der Waals surface area contributed by atoms with Gasteiger partial charge in [-0.3, -0.25) is 9.59 Å². The maximum atomic E-state index is 14.5. The summed E-state index contributed by atoms with van der Waals surface area (Å²) in [6.45, 7) is -1.96. The van der Waals surface area contributed by atoms with Gasteiger partial charge in [-0.25, -0.2) is 9.67 Å². The number of nitrogens with zero attached hydrogens (tertiary/aromatic N) is 4. The largest absolute Gasteiger partial charge is 0.494 e. The van der Waals surface area contributed by atoms with E-state index in [9.17, 15) is 32.3 Å². The molecule has 3 aromatic heterocycles. The number of alkyl halides is 2. The molecule has 2 amide bonds. The van der Waals surface area contributed by atoms with Crippen molar-refractivity contribution in [3.8, 4) is 22.8 Å². The predicted molar refractivity (Wildman–Crippen MR) is 171 cm³/mol. The number of aromatic nitrogens is 4. The van der Waals surface area contributed by atoms with Crippen molar-refractivity contribution in [3.05, 3.63) is 99.1 Å². The normalized spacial score (nSPS) is 12.6. The van der Waals surface area contributed by atoms with E-state index in [-0.39, 0.29) is 67.1 Å². The van der Waals surface area contributed by atoms with E-state index in [4.69, 9.17) is 38.4 Å². The summed E-state index contributed by atoms with van der Waals surface area (Å²) in [6, 6.07) is 9.85. The van der Waals surface area contributed by atoms with Gasteiger partial charge in [0.25, 0.3) is 5.91 Å². The highest BCUT2D eigenvalue weighted by Crippen LogP contribution is 2.42. The van der Waals surface area contributed by atoms with Crippen LogP contribution in [-0.4, -0.2) is 56.9 Å². The monoisotopic (exact) mass is 720 g/mol. The Morgan fingerprint density at radius 3 is 2.45 bits per heavy atom. The Bertz CT molecular complexity index is 2060. The van der Waals surface area contributed by atoms with Crippen LogP contribution >= 0.6 is 23.2 Å². The number of primary amides is 1. The van der Waals surface area contributed by atoms with E-state index >= 15 is 0 Å². The van der Waals surface area contributed by atoms with E-state index in [2.05, 4.69) is 20.4 Å². The van der Waals surface area contributed by atoms with Gasteiger partial charge in [-0.05, 0) is 43.3 Å². The van der Waals surface area contributed by atoms with E-state index in [1.807, 2.05) is 0 Å². The zero-order chi connectivity index (χ0) is 35.6. The molecule has 0 aliphatic rings. The van der Waals surface area contributed by atoms with Crippen LogP contribution in [0.2, 0.25) is 10.0 Å². The summed E-state index contributed by atoms with van der Waals surface area (Å²) in [7, 11) is 1.26. The number of amides is 2. The molecule has 2 aromatic carbocycles. The molecule has 4 N–H and O–H groups in total. The molecule has 0 aliphatic heterocycles. The summed E-state index contributed by atoms with van der Waals surface area (Å²) in [5.74, 6) is -4.17. The number of rotatable bonds is 12. The summed E-state index contributed by atoms with van der Waals surface area (Å²) in [6.07, 6.45) is 0.592. The number of carbonyl (C=O) groups excluding carboxylic acids is 2. The number of hydrogen-bond acceptors (Lipinski definition) is 8. The number of aliphatic hydroxyl groups is 1. The first-order chi connectivity index (χ1) is 23.2. The lowest BCUT2D eigenvalue weighted by atomic mass is 9.88. The Balaban J connectivity index is 1.68.